The summed E-state index contributed by atoms with van der Waals surface area (Å²) in [5.74, 6) is 0.143. The Bertz CT molecular complexity index is 989. The molecule has 0 bridgehead atoms. The van der Waals surface area contributed by atoms with Crippen molar-refractivity contribution in [2.75, 3.05) is 29.4 Å². The molecule has 1 aromatic carbocycles. The molecule has 0 radical (unpaired) electrons. The lowest BCUT2D eigenvalue weighted by Gasteiger charge is -2.38. The van der Waals surface area contributed by atoms with Crippen molar-refractivity contribution in [1.29, 1.82) is 0 Å². The Morgan fingerprint density at radius 3 is 2.73 bits per heavy atom. The van der Waals surface area contributed by atoms with Crippen molar-refractivity contribution >= 4 is 17.6 Å². The number of piperidine rings is 1. The third-order valence-corrected chi connectivity index (χ3v) is 5.54. The number of pyridine rings is 1. The van der Waals surface area contributed by atoms with Crippen molar-refractivity contribution < 1.29 is 28.5 Å². The van der Waals surface area contributed by atoms with Crippen LogP contribution >= 0.6 is 0 Å². The Morgan fingerprint density at radius 1 is 1.20 bits per heavy atom. The van der Waals surface area contributed by atoms with Crippen molar-refractivity contribution in [3.63, 3.8) is 0 Å². The lowest BCUT2D eigenvalue weighted by molar-refractivity contribution is -0.0970. The number of aliphatic hydroxyl groups is 1. The Hall–Kier alpha value is -3.49. The number of carbonyl (C=O) groups excluding carboxylic acids is 1. The molecule has 1 aromatic heterocycles. The standard InChI is InChI=1S/C21H20FN3O5/c22-16-2-1-3-17-19(16)30-21(29-17)7-9-24(10-8-21)18-5-4-14(12-23-18)25-13-15(6-11-26)28-20(25)27/h1-6,11-12,15,26H,7-10,13H2/b11-6+. The van der Waals surface area contributed by atoms with Crippen LogP contribution in [0.15, 0.2) is 48.9 Å². The smallest absolute Gasteiger partial charge is 0.415 e. The highest BCUT2D eigenvalue weighted by molar-refractivity contribution is 5.89. The molecule has 3 aliphatic heterocycles. The number of anilines is 2. The molecule has 1 amide bonds. The van der Waals surface area contributed by atoms with Crippen LogP contribution in [0.3, 0.4) is 0 Å². The fourth-order valence-electron chi connectivity index (χ4n) is 3.97. The van der Waals surface area contributed by atoms with Gasteiger partial charge in [0.15, 0.2) is 11.6 Å². The molecule has 1 N–H and O–H groups in total. The van der Waals surface area contributed by atoms with Crippen molar-refractivity contribution in [3.8, 4) is 11.5 Å². The largest absolute Gasteiger partial charge is 0.516 e. The summed E-state index contributed by atoms with van der Waals surface area (Å²) >= 11 is 0. The van der Waals surface area contributed by atoms with Gasteiger partial charge in [-0.15, -0.1) is 0 Å². The van der Waals surface area contributed by atoms with E-state index in [1.165, 1.54) is 17.0 Å². The van der Waals surface area contributed by atoms with Crippen LogP contribution in [0.25, 0.3) is 0 Å². The van der Waals surface area contributed by atoms with E-state index < -0.39 is 23.8 Å². The first-order chi connectivity index (χ1) is 14.6. The molecular weight excluding hydrogens is 393 g/mol. The van der Waals surface area contributed by atoms with Crippen molar-refractivity contribution in [2.24, 2.45) is 0 Å². The van der Waals surface area contributed by atoms with E-state index in [0.29, 0.717) is 43.9 Å². The minimum Gasteiger partial charge on any atom is -0.516 e. The minimum absolute atomic E-state index is 0.181. The van der Waals surface area contributed by atoms with Crippen molar-refractivity contribution in [3.05, 3.63) is 54.7 Å². The second kappa shape index (κ2) is 7.08. The summed E-state index contributed by atoms with van der Waals surface area (Å²) in [5, 5.41) is 8.85. The van der Waals surface area contributed by atoms with Gasteiger partial charge in [0, 0.05) is 25.9 Å². The SMILES string of the molecule is O=C1OC(/C=C/O)CN1c1ccc(N2CCC3(CC2)Oc2cccc(F)c2O3)nc1. The predicted octanol–water partition coefficient (Wildman–Crippen LogP) is 3.39. The second-order valence-corrected chi connectivity index (χ2v) is 7.42. The van der Waals surface area contributed by atoms with Crippen molar-refractivity contribution in [1.82, 2.24) is 4.98 Å². The third-order valence-electron chi connectivity index (χ3n) is 5.54. The fourth-order valence-corrected chi connectivity index (χ4v) is 3.97. The molecule has 5 rings (SSSR count). The Balaban J connectivity index is 1.23. The van der Waals surface area contributed by atoms with Crippen LogP contribution in [0, 0.1) is 5.82 Å². The predicted molar refractivity (Wildman–Crippen MR) is 105 cm³/mol. The van der Waals surface area contributed by atoms with Gasteiger partial charge in [-0.3, -0.25) is 4.90 Å². The van der Waals surface area contributed by atoms with Crippen LogP contribution in [-0.2, 0) is 4.74 Å². The summed E-state index contributed by atoms with van der Waals surface area (Å²) in [6.07, 6.45) is 4.09. The molecule has 30 heavy (non-hydrogen) atoms. The highest BCUT2D eigenvalue weighted by Crippen LogP contribution is 2.45. The number of aliphatic hydroxyl groups excluding tert-OH is 1. The lowest BCUT2D eigenvalue weighted by atomic mass is 10.0. The van der Waals surface area contributed by atoms with E-state index in [9.17, 15) is 9.18 Å². The molecule has 3 aliphatic rings. The summed E-state index contributed by atoms with van der Waals surface area (Å²) in [7, 11) is 0. The first-order valence-electron chi connectivity index (χ1n) is 9.73. The quantitative estimate of drug-likeness (QED) is 0.772. The van der Waals surface area contributed by atoms with E-state index in [4.69, 9.17) is 19.3 Å². The molecule has 1 unspecified atom stereocenters. The van der Waals surface area contributed by atoms with E-state index in [1.54, 1.807) is 18.3 Å². The molecule has 2 saturated heterocycles. The Morgan fingerprint density at radius 2 is 2.03 bits per heavy atom. The highest BCUT2D eigenvalue weighted by Gasteiger charge is 2.45. The van der Waals surface area contributed by atoms with E-state index >= 15 is 0 Å². The highest BCUT2D eigenvalue weighted by atomic mass is 19.1. The van der Waals surface area contributed by atoms with Gasteiger partial charge in [0.05, 0.1) is 24.7 Å². The van der Waals surface area contributed by atoms with Gasteiger partial charge in [-0.25, -0.2) is 14.2 Å². The zero-order valence-electron chi connectivity index (χ0n) is 16.0. The first kappa shape index (κ1) is 18.5. The van der Waals surface area contributed by atoms with E-state index in [1.807, 2.05) is 12.1 Å². The first-order valence-corrected chi connectivity index (χ1v) is 9.73. The summed E-state index contributed by atoms with van der Waals surface area (Å²) in [6.45, 7) is 1.59. The number of amides is 1. The van der Waals surface area contributed by atoms with Crippen LogP contribution in [-0.4, -0.2) is 47.7 Å². The number of rotatable bonds is 3. The fraction of sp³-hybridized carbons (Fsp3) is 0.333. The van der Waals surface area contributed by atoms with E-state index in [-0.39, 0.29) is 5.75 Å². The molecule has 9 heteroatoms. The topological polar surface area (TPSA) is 84.4 Å². The Labute approximate surface area is 172 Å². The van der Waals surface area contributed by atoms with Gasteiger partial charge in [0.25, 0.3) is 5.79 Å². The molecule has 0 aliphatic carbocycles. The number of hydrogen-bond acceptors (Lipinski definition) is 7. The molecule has 8 nitrogen and oxygen atoms in total. The zero-order valence-corrected chi connectivity index (χ0v) is 16.0. The molecule has 156 valence electrons. The van der Waals surface area contributed by atoms with Crippen molar-refractivity contribution in [2.45, 2.75) is 24.7 Å². The van der Waals surface area contributed by atoms with Gasteiger partial charge in [-0.2, -0.15) is 0 Å². The normalized spacial score (nSPS) is 22.2. The van der Waals surface area contributed by atoms with Crippen LogP contribution in [0.5, 0.6) is 11.5 Å². The number of benzene rings is 1. The lowest BCUT2D eigenvalue weighted by Crippen LogP contribution is -2.50. The minimum atomic E-state index is -0.838. The summed E-state index contributed by atoms with van der Waals surface area (Å²) in [5.41, 5.74) is 0.624. The van der Waals surface area contributed by atoms with Crippen LogP contribution in [0.1, 0.15) is 12.8 Å². The number of halogens is 1. The van der Waals surface area contributed by atoms with Crippen LogP contribution in [0.2, 0.25) is 0 Å². The number of nitrogens with zero attached hydrogens (tertiary/aromatic N) is 3. The summed E-state index contributed by atoms with van der Waals surface area (Å²) in [4.78, 5) is 20.1. The number of fused-ring (bicyclic) bond motifs is 1. The van der Waals surface area contributed by atoms with Gasteiger partial charge in [0.2, 0.25) is 5.75 Å². The maximum atomic E-state index is 14.0. The number of hydrogen-bond donors (Lipinski definition) is 1. The maximum Gasteiger partial charge on any atom is 0.415 e. The van der Waals surface area contributed by atoms with Gasteiger partial charge in [-0.05, 0) is 30.3 Å². The van der Waals surface area contributed by atoms with Crippen LogP contribution < -0.4 is 19.3 Å². The number of para-hydroxylation sites is 1. The second-order valence-electron chi connectivity index (χ2n) is 7.42. The average molecular weight is 413 g/mol. The molecule has 1 atom stereocenters. The molecule has 2 aromatic rings. The van der Waals surface area contributed by atoms with Gasteiger partial charge >= 0.3 is 6.09 Å². The van der Waals surface area contributed by atoms with Crippen LogP contribution in [0.4, 0.5) is 20.7 Å². The molecule has 2 fully saturated rings. The molecule has 1 spiro atoms. The zero-order chi connectivity index (χ0) is 20.7. The Kier molecular flexibility index (Phi) is 4.38. The summed E-state index contributed by atoms with van der Waals surface area (Å²) < 4.78 is 30.9. The van der Waals surface area contributed by atoms with E-state index in [0.717, 1.165) is 12.1 Å². The number of cyclic esters (lactones) is 1. The third kappa shape index (κ3) is 3.16. The number of aromatic nitrogens is 1. The number of carbonyl (C=O) groups is 1. The monoisotopic (exact) mass is 413 g/mol. The van der Waals surface area contributed by atoms with E-state index in [2.05, 4.69) is 9.88 Å². The number of ether oxygens (including phenoxy) is 3. The molecular formula is C21H20FN3O5. The molecule has 4 heterocycles. The van der Waals surface area contributed by atoms with Gasteiger partial charge in [-0.1, -0.05) is 6.07 Å². The average Bonchev–Trinajstić information content (AvgIpc) is 3.30. The van der Waals surface area contributed by atoms with Gasteiger partial charge in [0.1, 0.15) is 11.9 Å². The summed E-state index contributed by atoms with van der Waals surface area (Å²) in [6, 6.07) is 8.34. The maximum absolute atomic E-state index is 14.0. The van der Waals surface area contributed by atoms with Gasteiger partial charge < -0.3 is 24.2 Å². The molecule has 0 saturated carbocycles.